The van der Waals surface area contributed by atoms with Crippen LogP contribution in [0.2, 0.25) is 10.0 Å². The maximum absolute atomic E-state index is 6.35. The third-order valence-electron chi connectivity index (χ3n) is 4.85. The molecule has 0 saturated carbocycles. The van der Waals surface area contributed by atoms with Crippen molar-refractivity contribution in [1.29, 1.82) is 0 Å². The average Bonchev–Trinajstić information content (AvgIpc) is 3.13. The van der Waals surface area contributed by atoms with E-state index >= 15 is 0 Å². The van der Waals surface area contributed by atoms with Gasteiger partial charge in [-0.3, -0.25) is 0 Å². The fourth-order valence-corrected chi connectivity index (χ4v) is 3.77. The Balaban J connectivity index is 1.97. The molecule has 0 aliphatic rings. The Morgan fingerprint density at radius 3 is 2.33 bits per heavy atom. The fourth-order valence-electron chi connectivity index (χ4n) is 3.30. The lowest BCUT2D eigenvalue weighted by atomic mass is 9.85. The van der Waals surface area contributed by atoms with Crippen LogP contribution in [-0.2, 0) is 5.54 Å². The van der Waals surface area contributed by atoms with Gasteiger partial charge >= 0.3 is 0 Å². The van der Waals surface area contributed by atoms with Gasteiger partial charge < -0.3 is 5.32 Å². The molecule has 0 spiro atoms. The van der Waals surface area contributed by atoms with E-state index < -0.39 is 5.54 Å². The van der Waals surface area contributed by atoms with E-state index in [4.69, 9.17) is 23.2 Å². The maximum atomic E-state index is 6.35. The minimum absolute atomic E-state index is 0.0916. The Morgan fingerprint density at radius 2 is 1.70 bits per heavy atom. The van der Waals surface area contributed by atoms with Gasteiger partial charge in [0.2, 0.25) is 0 Å². The number of aromatic nitrogens is 4. The highest BCUT2D eigenvalue weighted by molar-refractivity contribution is 6.35. The first-order chi connectivity index (χ1) is 14.1. The van der Waals surface area contributed by atoms with E-state index in [2.05, 4.69) is 61.5 Å². The summed E-state index contributed by atoms with van der Waals surface area (Å²) in [7, 11) is 0. The molecule has 0 aliphatic carbocycles. The quantitative estimate of drug-likeness (QED) is 0.464. The van der Waals surface area contributed by atoms with Gasteiger partial charge in [-0.2, -0.15) is 0 Å². The Hall–Kier alpha value is -2.37. The van der Waals surface area contributed by atoms with Crippen molar-refractivity contribution in [3.8, 4) is 0 Å². The zero-order valence-electron chi connectivity index (χ0n) is 17.9. The van der Waals surface area contributed by atoms with Crippen LogP contribution in [0.5, 0.6) is 0 Å². The maximum Gasteiger partial charge on any atom is 0.176 e. The predicted molar refractivity (Wildman–Crippen MR) is 125 cm³/mol. The third-order valence-corrected chi connectivity index (χ3v) is 5.42. The highest BCUT2D eigenvalue weighted by Crippen LogP contribution is 2.35. The molecule has 7 heteroatoms. The van der Waals surface area contributed by atoms with Crippen LogP contribution in [0.1, 0.15) is 52.0 Å². The van der Waals surface area contributed by atoms with Crippen molar-refractivity contribution in [2.24, 2.45) is 5.41 Å². The molecular weight excluding hydrogens is 417 g/mol. The fraction of sp³-hybridized carbons (Fsp3) is 0.348. The number of rotatable bonds is 6. The first-order valence-electron chi connectivity index (χ1n) is 9.83. The van der Waals surface area contributed by atoms with Crippen LogP contribution in [0.15, 0.2) is 54.6 Å². The number of benzene rings is 2. The summed E-state index contributed by atoms with van der Waals surface area (Å²) in [5.41, 5.74) is 1.28. The molecule has 5 nitrogen and oxygen atoms in total. The Labute approximate surface area is 188 Å². The highest BCUT2D eigenvalue weighted by Gasteiger charge is 2.34. The SMILES string of the molecule is CC(C)(Nc1ccccc1)c1nnnn1[C@@H](/C=C\c1ccc(Cl)cc1Cl)C(C)(C)C. The number of tetrazole rings is 1. The molecule has 0 unspecified atom stereocenters. The van der Waals surface area contributed by atoms with Crippen molar-refractivity contribution in [1.82, 2.24) is 20.2 Å². The van der Waals surface area contributed by atoms with Crippen molar-refractivity contribution in [2.45, 2.75) is 46.2 Å². The number of para-hydroxylation sites is 1. The van der Waals surface area contributed by atoms with Crippen molar-refractivity contribution in [2.75, 3.05) is 5.32 Å². The molecule has 1 N–H and O–H groups in total. The Morgan fingerprint density at radius 1 is 1.00 bits per heavy atom. The van der Waals surface area contributed by atoms with Gasteiger partial charge in [-0.1, -0.05) is 80.4 Å². The molecular formula is C23H27Cl2N5. The lowest BCUT2D eigenvalue weighted by Crippen LogP contribution is -2.35. The number of hydrogen-bond donors (Lipinski definition) is 1. The molecule has 0 saturated heterocycles. The van der Waals surface area contributed by atoms with Gasteiger partial charge in [-0.15, -0.1) is 5.10 Å². The summed E-state index contributed by atoms with van der Waals surface area (Å²) in [6, 6.07) is 15.4. The molecule has 0 aliphatic heterocycles. The van der Waals surface area contributed by atoms with E-state index in [1.165, 1.54) is 0 Å². The highest BCUT2D eigenvalue weighted by atomic mass is 35.5. The van der Waals surface area contributed by atoms with Gasteiger partial charge in [0.25, 0.3) is 0 Å². The predicted octanol–water partition coefficient (Wildman–Crippen LogP) is 6.63. The van der Waals surface area contributed by atoms with Gasteiger partial charge in [-0.05, 0) is 59.5 Å². The summed E-state index contributed by atoms with van der Waals surface area (Å²) >= 11 is 12.4. The van der Waals surface area contributed by atoms with Crippen molar-refractivity contribution in [3.63, 3.8) is 0 Å². The number of nitrogens with one attached hydrogen (secondary N) is 1. The summed E-state index contributed by atoms with van der Waals surface area (Å²) in [5, 5.41) is 17.5. The lowest BCUT2D eigenvalue weighted by Gasteiger charge is -2.33. The molecule has 3 rings (SSSR count). The summed E-state index contributed by atoms with van der Waals surface area (Å²) < 4.78 is 1.89. The van der Waals surface area contributed by atoms with Crippen molar-refractivity contribution in [3.05, 3.63) is 76.0 Å². The monoisotopic (exact) mass is 443 g/mol. The van der Waals surface area contributed by atoms with Gasteiger partial charge in [0.1, 0.15) is 0 Å². The first kappa shape index (κ1) is 22.3. The number of allylic oxidation sites excluding steroid dienone is 1. The van der Waals surface area contributed by atoms with Gasteiger partial charge in [0.05, 0.1) is 11.6 Å². The number of halogens is 2. The summed E-state index contributed by atoms with van der Waals surface area (Å²) in [4.78, 5) is 0. The van der Waals surface area contributed by atoms with Crippen LogP contribution in [0, 0.1) is 5.41 Å². The van der Waals surface area contributed by atoms with Gasteiger partial charge in [0.15, 0.2) is 5.82 Å². The van der Waals surface area contributed by atoms with E-state index in [9.17, 15) is 0 Å². The number of hydrogen-bond acceptors (Lipinski definition) is 4. The molecule has 158 valence electrons. The minimum atomic E-state index is -0.486. The van der Waals surface area contributed by atoms with Crippen LogP contribution in [0.4, 0.5) is 5.69 Å². The second kappa shape index (κ2) is 8.78. The molecule has 0 radical (unpaired) electrons. The first-order valence-corrected chi connectivity index (χ1v) is 10.6. The van der Waals surface area contributed by atoms with Crippen LogP contribution < -0.4 is 5.32 Å². The van der Waals surface area contributed by atoms with E-state index in [1.807, 2.05) is 53.2 Å². The minimum Gasteiger partial charge on any atom is -0.373 e. The van der Waals surface area contributed by atoms with Crippen LogP contribution >= 0.6 is 23.2 Å². The molecule has 0 bridgehead atoms. The molecule has 1 atom stereocenters. The van der Waals surface area contributed by atoms with E-state index in [-0.39, 0.29) is 11.5 Å². The van der Waals surface area contributed by atoms with Crippen molar-refractivity contribution >= 4 is 35.0 Å². The summed E-state index contributed by atoms with van der Waals surface area (Å²) in [6.45, 7) is 10.6. The second-order valence-corrected chi connectivity index (χ2v) is 9.74. The molecule has 30 heavy (non-hydrogen) atoms. The smallest absolute Gasteiger partial charge is 0.176 e. The summed E-state index contributed by atoms with van der Waals surface area (Å²) in [5.74, 6) is 0.748. The van der Waals surface area contributed by atoms with Gasteiger partial charge in [0, 0.05) is 15.7 Å². The lowest BCUT2D eigenvalue weighted by molar-refractivity contribution is 0.258. The van der Waals surface area contributed by atoms with Crippen LogP contribution in [-0.4, -0.2) is 20.2 Å². The third kappa shape index (κ3) is 5.21. The number of anilines is 1. The topological polar surface area (TPSA) is 55.6 Å². The summed E-state index contributed by atoms with van der Waals surface area (Å²) in [6.07, 6.45) is 4.09. The Kier molecular flexibility index (Phi) is 6.53. The normalized spacial score (nSPS) is 13.6. The van der Waals surface area contributed by atoms with E-state index in [0.29, 0.717) is 10.0 Å². The molecule has 0 fully saturated rings. The molecule has 3 aromatic rings. The molecule has 1 aromatic heterocycles. The Bertz CT molecular complexity index is 1020. The van der Waals surface area contributed by atoms with Crippen molar-refractivity contribution < 1.29 is 0 Å². The number of nitrogens with zero attached hydrogens (tertiary/aromatic N) is 4. The largest absolute Gasteiger partial charge is 0.373 e. The zero-order chi connectivity index (χ0) is 21.9. The zero-order valence-corrected chi connectivity index (χ0v) is 19.4. The van der Waals surface area contributed by atoms with Gasteiger partial charge in [-0.25, -0.2) is 4.68 Å². The standard InChI is InChI=1S/C23H27Cl2N5/c1-22(2,3)20(14-12-16-11-13-17(24)15-19(16)25)30-21(27-28-29-30)23(4,5)26-18-9-7-6-8-10-18/h6-15,20,26H,1-5H3/b14-12-/t20-/m0/s1. The molecule has 1 heterocycles. The second-order valence-electron chi connectivity index (χ2n) is 8.90. The molecule has 0 amide bonds. The van der Waals surface area contributed by atoms with E-state index in [0.717, 1.165) is 17.1 Å². The van der Waals surface area contributed by atoms with Crippen LogP contribution in [0.25, 0.3) is 6.08 Å². The van der Waals surface area contributed by atoms with Crippen LogP contribution in [0.3, 0.4) is 0 Å². The molecule has 2 aromatic carbocycles. The van der Waals surface area contributed by atoms with E-state index in [1.54, 1.807) is 6.07 Å². The average molecular weight is 444 g/mol.